The Bertz CT molecular complexity index is 388. The predicted octanol–water partition coefficient (Wildman–Crippen LogP) is 2.39. The first-order valence-corrected chi connectivity index (χ1v) is 6.98. The van der Waals surface area contributed by atoms with Gasteiger partial charge in [0.1, 0.15) is 5.76 Å². The van der Waals surface area contributed by atoms with Gasteiger partial charge in [-0.3, -0.25) is 4.99 Å². The Morgan fingerprint density at radius 1 is 1.26 bits per heavy atom. The Balaban J connectivity index is 2.41. The van der Waals surface area contributed by atoms with Gasteiger partial charge in [-0.2, -0.15) is 0 Å². The minimum atomic E-state index is 0.553. The van der Waals surface area contributed by atoms with Crippen molar-refractivity contribution < 1.29 is 4.42 Å². The molecule has 5 heteroatoms. The second-order valence-electron chi connectivity index (χ2n) is 4.74. The molecule has 0 aliphatic carbocycles. The third-order valence-electron chi connectivity index (χ3n) is 3.42. The molecule has 2 N–H and O–H groups in total. The van der Waals surface area contributed by atoms with Crippen LogP contribution in [-0.4, -0.2) is 24.5 Å². The van der Waals surface area contributed by atoms with Crippen molar-refractivity contribution in [1.29, 1.82) is 0 Å². The molecule has 0 saturated heterocycles. The number of aryl methyl sites for hydroxylation is 2. The molecule has 0 unspecified atom stereocenters. The summed E-state index contributed by atoms with van der Waals surface area (Å²) < 4.78 is 5.52. The second kappa shape index (κ2) is 7.81. The van der Waals surface area contributed by atoms with E-state index in [1.54, 1.807) is 7.05 Å². The van der Waals surface area contributed by atoms with E-state index in [1.807, 2.05) is 13.8 Å². The zero-order valence-corrected chi connectivity index (χ0v) is 12.7. The molecule has 1 rings (SSSR count). The normalized spacial score (nSPS) is 12.0. The number of hydrogen-bond acceptors (Lipinski definition) is 3. The molecule has 1 aromatic heterocycles. The van der Waals surface area contributed by atoms with Crippen molar-refractivity contribution in [1.82, 2.24) is 15.6 Å². The lowest BCUT2D eigenvalue weighted by Gasteiger charge is -2.16. The molecule has 0 amide bonds. The Morgan fingerprint density at radius 2 is 1.95 bits per heavy atom. The standard InChI is InChI=1S/C14H26N4O/c1-6-12(7-2)8-16-14(15-5)17-9-13-18-10(3)11(4)19-13/h12H,6-9H2,1-5H3,(H2,15,16,17). The molecule has 0 aliphatic heterocycles. The number of rotatable bonds is 6. The molecule has 0 saturated carbocycles. The molecule has 1 heterocycles. The van der Waals surface area contributed by atoms with E-state index in [4.69, 9.17) is 4.42 Å². The number of hydrogen-bond donors (Lipinski definition) is 2. The number of oxazole rings is 1. The highest BCUT2D eigenvalue weighted by Crippen LogP contribution is 2.08. The highest BCUT2D eigenvalue weighted by molar-refractivity contribution is 5.79. The average molecular weight is 266 g/mol. The Morgan fingerprint density at radius 3 is 2.42 bits per heavy atom. The van der Waals surface area contributed by atoms with E-state index in [-0.39, 0.29) is 0 Å². The van der Waals surface area contributed by atoms with Crippen molar-refractivity contribution in [3.05, 3.63) is 17.3 Å². The fourth-order valence-electron chi connectivity index (χ4n) is 1.81. The summed E-state index contributed by atoms with van der Waals surface area (Å²) in [7, 11) is 1.77. The summed E-state index contributed by atoms with van der Waals surface area (Å²) in [6, 6.07) is 0. The summed E-state index contributed by atoms with van der Waals surface area (Å²) >= 11 is 0. The molecule has 19 heavy (non-hydrogen) atoms. The van der Waals surface area contributed by atoms with Gasteiger partial charge < -0.3 is 15.1 Å². The number of nitrogens with one attached hydrogen (secondary N) is 2. The number of aromatic nitrogens is 1. The molecule has 1 aromatic rings. The number of aliphatic imine (C=N–C) groups is 1. The van der Waals surface area contributed by atoms with Gasteiger partial charge in [0.15, 0.2) is 5.96 Å². The van der Waals surface area contributed by atoms with Gasteiger partial charge in [0, 0.05) is 13.6 Å². The molecule has 0 fully saturated rings. The maximum absolute atomic E-state index is 5.52. The van der Waals surface area contributed by atoms with Crippen LogP contribution in [0.5, 0.6) is 0 Å². The topological polar surface area (TPSA) is 62.5 Å². The highest BCUT2D eigenvalue weighted by atomic mass is 16.4. The lowest BCUT2D eigenvalue weighted by atomic mass is 10.0. The minimum absolute atomic E-state index is 0.553. The average Bonchev–Trinajstić information content (AvgIpc) is 2.73. The van der Waals surface area contributed by atoms with Gasteiger partial charge >= 0.3 is 0 Å². The maximum atomic E-state index is 5.52. The van der Waals surface area contributed by atoms with E-state index >= 15 is 0 Å². The van der Waals surface area contributed by atoms with Crippen LogP contribution in [0.15, 0.2) is 9.41 Å². The van der Waals surface area contributed by atoms with E-state index in [0.29, 0.717) is 18.4 Å². The third kappa shape index (κ3) is 4.93. The van der Waals surface area contributed by atoms with Crippen LogP contribution in [0.3, 0.4) is 0 Å². The number of nitrogens with zero attached hydrogens (tertiary/aromatic N) is 2. The van der Waals surface area contributed by atoms with Crippen molar-refractivity contribution >= 4 is 5.96 Å². The SMILES string of the molecule is CCC(CC)CNC(=NC)NCc1nc(C)c(C)o1. The molecule has 0 bridgehead atoms. The van der Waals surface area contributed by atoms with E-state index < -0.39 is 0 Å². The lowest BCUT2D eigenvalue weighted by molar-refractivity contribution is 0.459. The van der Waals surface area contributed by atoms with Crippen LogP contribution in [0.4, 0.5) is 0 Å². The van der Waals surface area contributed by atoms with Crippen molar-refractivity contribution in [3.63, 3.8) is 0 Å². The monoisotopic (exact) mass is 266 g/mol. The molecule has 0 spiro atoms. The van der Waals surface area contributed by atoms with E-state index in [9.17, 15) is 0 Å². The Kier molecular flexibility index (Phi) is 6.39. The van der Waals surface area contributed by atoms with Gasteiger partial charge in [0.25, 0.3) is 0 Å². The van der Waals surface area contributed by atoms with Crippen LogP contribution < -0.4 is 10.6 Å². The Hall–Kier alpha value is -1.52. The highest BCUT2D eigenvalue weighted by Gasteiger charge is 2.08. The van der Waals surface area contributed by atoms with Gasteiger partial charge in [-0.05, 0) is 19.8 Å². The smallest absolute Gasteiger partial charge is 0.214 e. The van der Waals surface area contributed by atoms with Gasteiger partial charge in [-0.1, -0.05) is 26.7 Å². The summed E-state index contributed by atoms with van der Waals surface area (Å²) in [5, 5.41) is 6.54. The summed E-state index contributed by atoms with van der Waals surface area (Å²) in [5.41, 5.74) is 0.941. The summed E-state index contributed by atoms with van der Waals surface area (Å²) in [4.78, 5) is 8.53. The number of guanidine groups is 1. The molecular weight excluding hydrogens is 240 g/mol. The first-order valence-electron chi connectivity index (χ1n) is 6.98. The molecular formula is C14H26N4O. The molecule has 5 nitrogen and oxygen atoms in total. The van der Waals surface area contributed by atoms with Crippen molar-refractivity contribution in [2.75, 3.05) is 13.6 Å². The third-order valence-corrected chi connectivity index (χ3v) is 3.42. The lowest BCUT2D eigenvalue weighted by Crippen LogP contribution is -2.39. The fourth-order valence-corrected chi connectivity index (χ4v) is 1.81. The molecule has 0 radical (unpaired) electrons. The first kappa shape index (κ1) is 15.5. The zero-order valence-electron chi connectivity index (χ0n) is 12.7. The minimum Gasteiger partial charge on any atom is -0.444 e. The van der Waals surface area contributed by atoms with Gasteiger partial charge in [0.2, 0.25) is 5.89 Å². The molecule has 108 valence electrons. The van der Waals surface area contributed by atoms with Crippen LogP contribution >= 0.6 is 0 Å². The van der Waals surface area contributed by atoms with Gasteiger partial charge in [0.05, 0.1) is 12.2 Å². The first-order chi connectivity index (χ1) is 9.10. The van der Waals surface area contributed by atoms with Crippen LogP contribution in [-0.2, 0) is 6.54 Å². The summed E-state index contributed by atoms with van der Waals surface area (Å²) in [6.07, 6.45) is 2.36. The van der Waals surface area contributed by atoms with E-state index in [2.05, 4.69) is 34.5 Å². The van der Waals surface area contributed by atoms with Crippen LogP contribution in [0.25, 0.3) is 0 Å². The summed E-state index contributed by atoms with van der Waals surface area (Å²) in [6.45, 7) is 9.79. The van der Waals surface area contributed by atoms with Gasteiger partial charge in [-0.15, -0.1) is 0 Å². The largest absolute Gasteiger partial charge is 0.444 e. The van der Waals surface area contributed by atoms with Crippen molar-refractivity contribution in [3.8, 4) is 0 Å². The maximum Gasteiger partial charge on any atom is 0.214 e. The quantitative estimate of drug-likeness (QED) is 0.613. The zero-order chi connectivity index (χ0) is 14.3. The van der Waals surface area contributed by atoms with Crippen molar-refractivity contribution in [2.45, 2.75) is 47.1 Å². The van der Waals surface area contributed by atoms with Gasteiger partial charge in [-0.25, -0.2) is 4.98 Å². The molecule has 0 aliphatic rings. The van der Waals surface area contributed by atoms with E-state index in [1.165, 1.54) is 12.8 Å². The second-order valence-corrected chi connectivity index (χ2v) is 4.74. The summed E-state index contributed by atoms with van der Waals surface area (Å²) in [5.74, 6) is 3.04. The Labute approximate surface area is 115 Å². The predicted molar refractivity (Wildman–Crippen MR) is 78.3 cm³/mol. The molecule has 0 aromatic carbocycles. The van der Waals surface area contributed by atoms with Crippen molar-refractivity contribution in [2.24, 2.45) is 10.9 Å². The fraction of sp³-hybridized carbons (Fsp3) is 0.714. The van der Waals surface area contributed by atoms with Crippen LogP contribution in [0.2, 0.25) is 0 Å². The van der Waals surface area contributed by atoms with E-state index in [0.717, 1.165) is 24.0 Å². The molecule has 0 atom stereocenters. The van der Waals surface area contributed by atoms with Crippen LogP contribution in [0.1, 0.15) is 44.0 Å². The van der Waals surface area contributed by atoms with Crippen LogP contribution in [0, 0.1) is 19.8 Å².